The van der Waals surface area contributed by atoms with Crippen LogP contribution < -0.4 is 4.74 Å². The molecule has 6 heteroatoms. The molecule has 3 aromatic rings. The summed E-state index contributed by atoms with van der Waals surface area (Å²) in [5, 5.41) is 3.17. The number of rotatable bonds is 4. The van der Waals surface area contributed by atoms with E-state index in [0.29, 0.717) is 6.04 Å². The van der Waals surface area contributed by atoms with E-state index in [1.54, 1.807) is 18.4 Å². The number of imidazole rings is 1. The van der Waals surface area contributed by atoms with Gasteiger partial charge in [0.05, 0.1) is 26.2 Å². The normalized spacial score (nSPS) is 17.9. The number of nitrogens with zero attached hydrogens (tertiary/aromatic N) is 4. The first-order valence-corrected chi connectivity index (χ1v) is 8.48. The third-order valence-corrected chi connectivity index (χ3v) is 5.04. The van der Waals surface area contributed by atoms with Gasteiger partial charge in [0, 0.05) is 30.5 Å². The number of methoxy groups -OCH3 is 1. The number of ether oxygens (including phenoxy) is 1. The monoisotopic (exact) mass is 326 g/mol. The van der Waals surface area contributed by atoms with Gasteiger partial charge in [-0.2, -0.15) is 0 Å². The molecule has 23 heavy (non-hydrogen) atoms. The number of thiazole rings is 1. The minimum atomic E-state index is 0.312. The fraction of sp³-hybridized carbons (Fsp3) is 0.294. The molecule has 1 aromatic carbocycles. The van der Waals surface area contributed by atoms with Gasteiger partial charge in [0.15, 0.2) is 0 Å². The molecule has 0 amide bonds. The van der Waals surface area contributed by atoms with Crippen molar-refractivity contribution in [2.75, 3.05) is 7.11 Å². The van der Waals surface area contributed by atoms with Crippen molar-refractivity contribution in [2.24, 2.45) is 0 Å². The highest BCUT2D eigenvalue weighted by molar-refractivity contribution is 7.09. The van der Waals surface area contributed by atoms with Gasteiger partial charge >= 0.3 is 0 Å². The van der Waals surface area contributed by atoms with Crippen molar-refractivity contribution in [1.29, 1.82) is 0 Å². The van der Waals surface area contributed by atoms with E-state index in [-0.39, 0.29) is 0 Å². The highest BCUT2D eigenvalue weighted by atomic mass is 32.1. The molecule has 0 fully saturated rings. The maximum Gasteiger partial charge on any atom is 0.122 e. The summed E-state index contributed by atoms with van der Waals surface area (Å²) in [6.45, 7) is 2.59. The third-order valence-electron chi connectivity index (χ3n) is 4.28. The van der Waals surface area contributed by atoms with Crippen LogP contribution in [0.4, 0.5) is 0 Å². The molecule has 5 nitrogen and oxygen atoms in total. The van der Waals surface area contributed by atoms with Crippen molar-refractivity contribution in [3.05, 3.63) is 64.6 Å². The van der Waals surface area contributed by atoms with Crippen molar-refractivity contribution in [3.63, 3.8) is 0 Å². The number of hydrogen-bond donors (Lipinski definition) is 0. The lowest BCUT2D eigenvalue weighted by Crippen LogP contribution is -2.36. The predicted molar refractivity (Wildman–Crippen MR) is 89.3 cm³/mol. The highest BCUT2D eigenvalue weighted by Crippen LogP contribution is 2.31. The van der Waals surface area contributed by atoms with Crippen molar-refractivity contribution < 1.29 is 4.74 Å². The summed E-state index contributed by atoms with van der Waals surface area (Å²) in [4.78, 5) is 11.4. The summed E-state index contributed by atoms with van der Waals surface area (Å²) in [7, 11) is 1.70. The molecule has 1 aliphatic rings. The third kappa shape index (κ3) is 2.87. The maximum absolute atomic E-state index is 5.28. The summed E-state index contributed by atoms with van der Waals surface area (Å²) in [6, 6.07) is 8.67. The Hall–Kier alpha value is -2.18. The largest absolute Gasteiger partial charge is 0.497 e. The molecule has 4 rings (SSSR count). The van der Waals surface area contributed by atoms with E-state index in [1.807, 2.05) is 29.9 Å². The molecule has 2 aromatic heterocycles. The van der Waals surface area contributed by atoms with Gasteiger partial charge in [-0.15, -0.1) is 11.3 Å². The van der Waals surface area contributed by atoms with Crippen LogP contribution in [0.2, 0.25) is 0 Å². The Morgan fingerprint density at radius 2 is 2.09 bits per heavy atom. The molecule has 0 saturated carbocycles. The van der Waals surface area contributed by atoms with Crippen molar-refractivity contribution in [2.45, 2.75) is 25.7 Å². The number of benzene rings is 1. The Bertz CT molecular complexity index is 766. The second kappa shape index (κ2) is 6.14. The lowest BCUT2D eigenvalue weighted by atomic mass is 10.0. The van der Waals surface area contributed by atoms with Gasteiger partial charge in [-0.3, -0.25) is 4.90 Å². The zero-order valence-electron chi connectivity index (χ0n) is 12.9. The van der Waals surface area contributed by atoms with Crippen LogP contribution in [0, 0.1) is 0 Å². The summed E-state index contributed by atoms with van der Waals surface area (Å²) < 4.78 is 7.52. The molecule has 0 unspecified atom stereocenters. The number of hydrogen-bond acceptors (Lipinski definition) is 5. The molecular weight excluding hydrogens is 308 g/mol. The van der Waals surface area contributed by atoms with Gasteiger partial charge in [0.2, 0.25) is 0 Å². The second-order valence-corrected chi connectivity index (χ2v) is 6.59. The molecule has 0 saturated heterocycles. The lowest BCUT2D eigenvalue weighted by Gasteiger charge is -2.36. The van der Waals surface area contributed by atoms with E-state index in [9.17, 15) is 0 Å². The molecule has 0 spiro atoms. The number of aromatic nitrogens is 3. The van der Waals surface area contributed by atoms with Crippen LogP contribution in [-0.2, 0) is 19.6 Å². The quantitative estimate of drug-likeness (QED) is 0.739. The smallest absolute Gasteiger partial charge is 0.122 e. The number of fused-ring (bicyclic) bond motifs is 1. The lowest BCUT2D eigenvalue weighted by molar-refractivity contribution is 0.128. The fourth-order valence-electron chi connectivity index (χ4n) is 3.06. The molecule has 0 N–H and O–H groups in total. The van der Waals surface area contributed by atoms with Crippen LogP contribution in [0.15, 0.2) is 48.2 Å². The van der Waals surface area contributed by atoms with Crippen LogP contribution >= 0.6 is 11.3 Å². The van der Waals surface area contributed by atoms with Gasteiger partial charge in [-0.1, -0.05) is 12.1 Å². The van der Waals surface area contributed by atoms with Crippen molar-refractivity contribution >= 4 is 11.3 Å². The van der Waals surface area contributed by atoms with Crippen LogP contribution in [0.5, 0.6) is 5.75 Å². The standard InChI is InChI=1S/C17H18N4OS/c1-22-14-4-2-13(3-5-14)15-10-20-8-6-18-16(20)11-21(15)12-17-19-7-9-23-17/h2-9,15H,10-12H2,1H3/t15-/m0/s1. The molecule has 0 radical (unpaired) electrons. The molecule has 0 bridgehead atoms. The summed E-state index contributed by atoms with van der Waals surface area (Å²) in [5.74, 6) is 2.01. The first-order valence-electron chi connectivity index (χ1n) is 7.60. The first-order chi connectivity index (χ1) is 11.3. The highest BCUT2D eigenvalue weighted by Gasteiger charge is 2.28. The molecule has 118 valence electrons. The Labute approximate surface area is 139 Å². The summed E-state index contributed by atoms with van der Waals surface area (Å²) in [6.07, 6.45) is 5.81. The van der Waals surface area contributed by atoms with Crippen LogP contribution in [0.1, 0.15) is 22.4 Å². The minimum Gasteiger partial charge on any atom is -0.497 e. The van der Waals surface area contributed by atoms with E-state index >= 15 is 0 Å². The first kappa shape index (κ1) is 14.4. The van der Waals surface area contributed by atoms with Crippen LogP contribution in [-0.4, -0.2) is 26.5 Å². The van der Waals surface area contributed by atoms with Crippen LogP contribution in [0.3, 0.4) is 0 Å². The van der Waals surface area contributed by atoms with E-state index in [0.717, 1.165) is 36.2 Å². The molecular formula is C17H18N4OS. The predicted octanol–water partition coefficient (Wildman–Crippen LogP) is 3.11. The molecule has 3 heterocycles. The van der Waals surface area contributed by atoms with Gasteiger partial charge in [0.25, 0.3) is 0 Å². The molecule has 1 aliphatic heterocycles. The zero-order chi connectivity index (χ0) is 15.6. The van der Waals surface area contributed by atoms with E-state index in [2.05, 4.69) is 37.8 Å². The van der Waals surface area contributed by atoms with Gasteiger partial charge < -0.3 is 9.30 Å². The Morgan fingerprint density at radius 3 is 2.83 bits per heavy atom. The van der Waals surface area contributed by atoms with Gasteiger partial charge in [0.1, 0.15) is 16.6 Å². The van der Waals surface area contributed by atoms with Gasteiger partial charge in [-0.25, -0.2) is 9.97 Å². The summed E-state index contributed by atoms with van der Waals surface area (Å²) >= 11 is 1.70. The second-order valence-electron chi connectivity index (χ2n) is 5.62. The van der Waals surface area contributed by atoms with Crippen molar-refractivity contribution in [1.82, 2.24) is 19.4 Å². The van der Waals surface area contributed by atoms with E-state index < -0.39 is 0 Å². The SMILES string of the molecule is COc1ccc([C@@H]2Cn3ccnc3CN2Cc2nccs2)cc1. The average molecular weight is 326 g/mol. The van der Waals surface area contributed by atoms with E-state index in [4.69, 9.17) is 4.74 Å². The van der Waals surface area contributed by atoms with Crippen LogP contribution in [0.25, 0.3) is 0 Å². The average Bonchev–Trinajstić information content (AvgIpc) is 3.25. The topological polar surface area (TPSA) is 43.2 Å². The fourth-order valence-corrected chi connectivity index (χ4v) is 3.71. The summed E-state index contributed by atoms with van der Waals surface area (Å²) in [5.41, 5.74) is 1.29. The maximum atomic E-state index is 5.28. The molecule has 0 aliphatic carbocycles. The van der Waals surface area contributed by atoms with Crippen molar-refractivity contribution in [3.8, 4) is 5.75 Å². The van der Waals surface area contributed by atoms with E-state index in [1.165, 1.54) is 5.56 Å². The van der Waals surface area contributed by atoms with Gasteiger partial charge in [-0.05, 0) is 17.7 Å². The Morgan fingerprint density at radius 1 is 1.22 bits per heavy atom. The zero-order valence-corrected chi connectivity index (χ0v) is 13.7. The minimum absolute atomic E-state index is 0.312. The Balaban J connectivity index is 1.65. The molecule has 1 atom stereocenters. The Kier molecular flexibility index (Phi) is 3.85.